The molecule has 1 aliphatic rings. The van der Waals surface area contributed by atoms with E-state index in [1.807, 2.05) is 18.2 Å². The second-order valence-electron chi connectivity index (χ2n) is 7.26. The summed E-state index contributed by atoms with van der Waals surface area (Å²) in [5.74, 6) is 0.533. The zero-order valence-electron chi connectivity index (χ0n) is 16.9. The smallest absolute Gasteiger partial charge is 0.250 e. The fourth-order valence-corrected chi connectivity index (χ4v) is 3.38. The number of primary amides is 1. The Morgan fingerprint density at radius 3 is 2.43 bits per heavy atom. The van der Waals surface area contributed by atoms with Gasteiger partial charge in [0.1, 0.15) is 5.82 Å². The quantitative estimate of drug-likeness (QED) is 0.582. The number of hydrogen-bond acceptors (Lipinski definition) is 7. The molecule has 3 aromatic rings. The average molecular weight is 403 g/mol. The number of likely N-dealkylation sites (N-methyl/N-ethyl adjacent to an activating group) is 1. The van der Waals surface area contributed by atoms with Gasteiger partial charge in [0.15, 0.2) is 0 Å². The average Bonchev–Trinajstić information content (AvgIpc) is 2.75. The molecule has 4 N–H and O–H groups in total. The molecule has 0 atom stereocenters. The lowest BCUT2D eigenvalue weighted by Gasteiger charge is -2.34. The van der Waals surface area contributed by atoms with E-state index in [1.54, 1.807) is 30.5 Å². The van der Waals surface area contributed by atoms with Crippen LogP contribution in [-0.4, -0.2) is 54.0 Å². The molecule has 0 aliphatic carbocycles. The summed E-state index contributed by atoms with van der Waals surface area (Å²) in [5, 5.41) is 6.36. The minimum atomic E-state index is -0.494. The van der Waals surface area contributed by atoms with Crippen LogP contribution in [0.1, 0.15) is 10.4 Å². The van der Waals surface area contributed by atoms with Gasteiger partial charge < -0.3 is 26.2 Å². The highest BCUT2D eigenvalue weighted by atomic mass is 16.1. The number of carbonyl (C=O) groups excluding carboxylic acids is 1. The van der Waals surface area contributed by atoms with Gasteiger partial charge in [-0.25, -0.2) is 4.98 Å². The molecule has 1 aliphatic heterocycles. The number of para-hydroxylation sites is 1. The summed E-state index contributed by atoms with van der Waals surface area (Å²) in [6.45, 7) is 4.22. The van der Waals surface area contributed by atoms with Gasteiger partial charge in [0.25, 0.3) is 5.91 Å². The van der Waals surface area contributed by atoms with Crippen molar-refractivity contribution in [2.45, 2.75) is 0 Å². The summed E-state index contributed by atoms with van der Waals surface area (Å²) in [6.07, 6.45) is 1.66. The maximum absolute atomic E-state index is 11.6. The fourth-order valence-electron chi connectivity index (χ4n) is 3.38. The van der Waals surface area contributed by atoms with Crippen LogP contribution in [0.4, 0.5) is 28.8 Å². The van der Waals surface area contributed by atoms with E-state index < -0.39 is 5.91 Å². The van der Waals surface area contributed by atoms with Crippen molar-refractivity contribution in [2.75, 3.05) is 48.8 Å². The third-order valence-electron chi connectivity index (χ3n) is 5.10. The molecule has 30 heavy (non-hydrogen) atoms. The number of rotatable bonds is 6. The van der Waals surface area contributed by atoms with E-state index in [1.165, 1.54) is 5.69 Å². The SMILES string of the molecule is CN1CCN(c2ccc(Nc3nccc(Nc4ccccc4C(N)=O)n3)cc2)CC1. The van der Waals surface area contributed by atoms with E-state index in [4.69, 9.17) is 5.73 Å². The number of anilines is 5. The van der Waals surface area contributed by atoms with Gasteiger partial charge in [-0.05, 0) is 49.5 Å². The molecule has 8 nitrogen and oxygen atoms in total. The molecule has 8 heteroatoms. The molecule has 4 rings (SSSR count). The van der Waals surface area contributed by atoms with Gasteiger partial charge >= 0.3 is 0 Å². The van der Waals surface area contributed by atoms with Crippen LogP contribution in [0.15, 0.2) is 60.8 Å². The lowest BCUT2D eigenvalue weighted by Crippen LogP contribution is -2.44. The van der Waals surface area contributed by atoms with Crippen molar-refractivity contribution >= 4 is 34.7 Å². The van der Waals surface area contributed by atoms with E-state index >= 15 is 0 Å². The Labute approximate surface area is 175 Å². The van der Waals surface area contributed by atoms with Crippen molar-refractivity contribution in [3.8, 4) is 0 Å². The highest BCUT2D eigenvalue weighted by Crippen LogP contribution is 2.23. The number of benzene rings is 2. The van der Waals surface area contributed by atoms with E-state index in [9.17, 15) is 4.79 Å². The Morgan fingerprint density at radius 2 is 1.70 bits per heavy atom. The van der Waals surface area contributed by atoms with Crippen LogP contribution in [0.2, 0.25) is 0 Å². The molecular formula is C22H25N7O. The Balaban J connectivity index is 1.44. The first-order valence-corrected chi connectivity index (χ1v) is 9.88. The van der Waals surface area contributed by atoms with Crippen LogP contribution in [0.25, 0.3) is 0 Å². The first kappa shape index (κ1) is 19.7. The van der Waals surface area contributed by atoms with Crippen LogP contribution >= 0.6 is 0 Å². The summed E-state index contributed by atoms with van der Waals surface area (Å²) in [5.41, 5.74) is 8.57. The number of nitrogens with zero attached hydrogens (tertiary/aromatic N) is 4. The van der Waals surface area contributed by atoms with Gasteiger partial charge in [-0.3, -0.25) is 4.79 Å². The Bertz CT molecular complexity index is 1010. The molecule has 1 amide bonds. The molecule has 1 saturated heterocycles. The number of nitrogens with one attached hydrogen (secondary N) is 2. The van der Waals surface area contributed by atoms with Crippen LogP contribution < -0.4 is 21.3 Å². The molecule has 0 saturated carbocycles. The third kappa shape index (κ3) is 4.66. The van der Waals surface area contributed by atoms with Gasteiger partial charge in [-0.15, -0.1) is 0 Å². The minimum absolute atomic E-state index is 0.408. The highest BCUT2D eigenvalue weighted by molar-refractivity contribution is 5.99. The predicted octanol–water partition coefficient (Wildman–Crippen LogP) is 2.81. The standard InChI is InChI=1S/C22H25N7O/c1-28-12-14-29(15-13-28)17-8-6-16(7-9-17)25-22-24-11-10-20(27-22)26-19-5-3-2-4-18(19)21(23)30/h2-11H,12-15H2,1H3,(H2,23,30)(H2,24,25,26,27). The van der Waals surface area contributed by atoms with E-state index in [0.29, 0.717) is 23.0 Å². The maximum atomic E-state index is 11.6. The Morgan fingerprint density at radius 1 is 0.967 bits per heavy atom. The van der Waals surface area contributed by atoms with Crippen LogP contribution in [-0.2, 0) is 0 Å². The molecule has 0 bridgehead atoms. The lowest BCUT2D eigenvalue weighted by molar-refractivity contribution is 0.100. The normalized spacial score (nSPS) is 14.4. The van der Waals surface area contributed by atoms with Crippen molar-refractivity contribution in [3.05, 3.63) is 66.4 Å². The summed E-state index contributed by atoms with van der Waals surface area (Å²) in [6, 6.07) is 17.1. The van der Waals surface area contributed by atoms with Crippen molar-refractivity contribution < 1.29 is 4.79 Å². The van der Waals surface area contributed by atoms with Crippen molar-refractivity contribution in [1.29, 1.82) is 0 Å². The summed E-state index contributed by atoms with van der Waals surface area (Å²) < 4.78 is 0. The second-order valence-corrected chi connectivity index (χ2v) is 7.26. The highest BCUT2D eigenvalue weighted by Gasteiger charge is 2.14. The van der Waals surface area contributed by atoms with E-state index in [2.05, 4.69) is 49.6 Å². The van der Waals surface area contributed by atoms with Gasteiger partial charge in [-0.1, -0.05) is 12.1 Å². The number of amides is 1. The Kier molecular flexibility index (Phi) is 5.76. The van der Waals surface area contributed by atoms with Crippen molar-refractivity contribution in [2.24, 2.45) is 5.73 Å². The van der Waals surface area contributed by atoms with Gasteiger partial charge in [0.05, 0.1) is 11.3 Å². The van der Waals surface area contributed by atoms with Gasteiger partial charge in [-0.2, -0.15) is 4.98 Å². The summed E-state index contributed by atoms with van der Waals surface area (Å²) >= 11 is 0. The number of carbonyl (C=O) groups is 1. The van der Waals surface area contributed by atoms with E-state index in [0.717, 1.165) is 31.9 Å². The third-order valence-corrected chi connectivity index (χ3v) is 5.10. The molecule has 154 valence electrons. The summed E-state index contributed by atoms with van der Waals surface area (Å²) in [7, 11) is 2.15. The number of piperazine rings is 1. The molecule has 0 unspecified atom stereocenters. The predicted molar refractivity (Wildman–Crippen MR) is 120 cm³/mol. The first-order chi connectivity index (χ1) is 14.6. The van der Waals surface area contributed by atoms with E-state index in [-0.39, 0.29) is 0 Å². The van der Waals surface area contributed by atoms with Crippen molar-refractivity contribution in [1.82, 2.24) is 14.9 Å². The molecular weight excluding hydrogens is 378 g/mol. The van der Waals surface area contributed by atoms with Gasteiger partial charge in [0.2, 0.25) is 5.95 Å². The number of aromatic nitrogens is 2. The fraction of sp³-hybridized carbons (Fsp3) is 0.227. The molecule has 0 spiro atoms. The molecule has 2 aromatic carbocycles. The molecule has 0 radical (unpaired) electrons. The lowest BCUT2D eigenvalue weighted by atomic mass is 10.1. The number of nitrogens with two attached hydrogens (primary N) is 1. The van der Waals surface area contributed by atoms with Crippen LogP contribution in [0.3, 0.4) is 0 Å². The monoisotopic (exact) mass is 403 g/mol. The maximum Gasteiger partial charge on any atom is 0.250 e. The van der Waals surface area contributed by atoms with Crippen molar-refractivity contribution in [3.63, 3.8) is 0 Å². The Hall–Kier alpha value is -3.65. The zero-order valence-corrected chi connectivity index (χ0v) is 16.9. The summed E-state index contributed by atoms with van der Waals surface area (Å²) in [4.78, 5) is 25.1. The minimum Gasteiger partial charge on any atom is -0.369 e. The van der Waals surface area contributed by atoms with Crippen LogP contribution in [0, 0.1) is 0 Å². The number of hydrogen-bond donors (Lipinski definition) is 3. The molecule has 1 fully saturated rings. The largest absolute Gasteiger partial charge is 0.369 e. The molecule has 1 aromatic heterocycles. The molecule has 2 heterocycles. The zero-order chi connectivity index (χ0) is 20.9. The topological polar surface area (TPSA) is 99.4 Å². The first-order valence-electron chi connectivity index (χ1n) is 9.88. The van der Waals surface area contributed by atoms with Gasteiger partial charge in [0, 0.05) is 43.8 Å². The van der Waals surface area contributed by atoms with Crippen LogP contribution in [0.5, 0.6) is 0 Å². The second kappa shape index (κ2) is 8.79.